The number of rotatable bonds is 1. The predicted molar refractivity (Wildman–Crippen MR) is 37.2 cm³/mol. The third kappa shape index (κ3) is 1.34. The Morgan fingerprint density at radius 2 is 2.45 bits per heavy atom. The molecule has 1 aromatic heterocycles. The van der Waals surface area contributed by atoms with Crippen molar-refractivity contribution in [1.82, 2.24) is 10.1 Å². The van der Waals surface area contributed by atoms with Crippen molar-refractivity contribution >= 4 is 5.57 Å². The van der Waals surface area contributed by atoms with Crippen LogP contribution in [0, 0.1) is 18.3 Å². The molecular formula is C7H5N3O. The molecule has 0 aliphatic carbocycles. The Hall–Kier alpha value is -1.85. The minimum Gasteiger partial charge on any atom is -0.332 e. The maximum atomic E-state index is 8.47. The van der Waals surface area contributed by atoms with Crippen molar-refractivity contribution in [3.05, 3.63) is 24.0 Å². The first-order valence-electron chi connectivity index (χ1n) is 2.88. The van der Waals surface area contributed by atoms with Gasteiger partial charge in [-0.25, -0.2) is 0 Å². The van der Waals surface area contributed by atoms with E-state index in [1.807, 2.05) is 6.07 Å². The Kier molecular flexibility index (Phi) is 1.86. The van der Waals surface area contributed by atoms with Gasteiger partial charge in [-0.1, -0.05) is 11.7 Å². The highest BCUT2D eigenvalue weighted by Gasteiger charge is 2.06. The minimum atomic E-state index is 0.167. The summed E-state index contributed by atoms with van der Waals surface area (Å²) in [5, 5.41) is 12.0. The van der Waals surface area contributed by atoms with E-state index >= 15 is 0 Å². The van der Waals surface area contributed by atoms with Gasteiger partial charge in [-0.2, -0.15) is 10.2 Å². The van der Waals surface area contributed by atoms with E-state index in [0.29, 0.717) is 5.82 Å². The van der Waals surface area contributed by atoms with E-state index in [2.05, 4.69) is 27.0 Å². The van der Waals surface area contributed by atoms with Crippen LogP contribution in [0.5, 0.6) is 0 Å². The molecule has 4 nitrogen and oxygen atoms in total. The van der Waals surface area contributed by atoms with Crippen molar-refractivity contribution in [3.63, 3.8) is 0 Å². The van der Waals surface area contributed by atoms with Crippen LogP contribution in [-0.2, 0) is 0 Å². The second-order valence-electron chi connectivity index (χ2n) is 1.81. The smallest absolute Gasteiger partial charge is 0.276 e. The predicted octanol–water partition coefficient (Wildman–Crippen LogP) is 1.07. The van der Waals surface area contributed by atoms with Crippen LogP contribution < -0.4 is 0 Å². The molecule has 1 heterocycles. The van der Waals surface area contributed by atoms with Crippen LogP contribution in [0.2, 0.25) is 0 Å². The standard InChI is InChI=1S/C7H5N3O/c1-3-6(4-8)7-9-5(2)10-11-7/h1H2,2H3. The monoisotopic (exact) mass is 147 g/mol. The summed E-state index contributed by atoms with van der Waals surface area (Å²) in [6.45, 7) is 4.98. The van der Waals surface area contributed by atoms with E-state index in [1.165, 1.54) is 0 Å². The lowest BCUT2D eigenvalue weighted by Gasteiger charge is -1.79. The van der Waals surface area contributed by atoms with E-state index < -0.39 is 0 Å². The molecular weight excluding hydrogens is 142 g/mol. The summed E-state index contributed by atoms with van der Waals surface area (Å²) in [6, 6.07) is 1.83. The van der Waals surface area contributed by atoms with Crippen molar-refractivity contribution in [3.8, 4) is 6.07 Å². The molecule has 0 fully saturated rings. The Balaban J connectivity index is 3.14. The van der Waals surface area contributed by atoms with Gasteiger partial charge in [-0.05, 0) is 6.92 Å². The molecule has 0 saturated heterocycles. The molecule has 54 valence electrons. The Labute approximate surface area is 63.5 Å². The van der Waals surface area contributed by atoms with Crippen LogP contribution in [0.4, 0.5) is 0 Å². The molecule has 0 aliphatic heterocycles. The number of aromatic nitrogens is 2. The third-order valence-corrected chi connectivity index (χ3v) is 1.03. The van der Waals surface area contributed by atoms with Gasteiger partial charge in [0.25, 0.3) is 5.89 Å². The van der Waals surface area contributed by atoms with Gasteiger partial charge in [0, 0.05) is 0 Å². The highest BCUT2D eigenvalue weighted by atomic mass is 16.5. The number of hydrogen-bond acceptors (Lipinski definition) is 4. The van der Waals surface area contributed by atoms with Crippen LogP contribution in [0.3, 0.4) is 0 Å². The average Bonchev–Trinajstić information content (AvgIpc) is 2.39. The largest absolute Gasteiger partial charge is 0.332 e. The molecule has 1 rings (SSSR count). The van der Waals surface area contributed by atoms with Crippen LogP contribution in [0.1, 0.15) is 11.7 Å². The van der Waals surface area contributed by atoms with Crippen molar-refractivity contribution in [2.45, 2.75) is 6.92 Å². The highest BCUT2D eigenvalue weighted by Crippen LogP contribution is 2.07. The van der Waals surface area contributed by atoms with E-state index in [1.54, 1.807) is 6.92 Å². The summed E-state index contributed by atoms with van der Waals surface area (Å²) in [4.78, 5) is 3.81. The van der Waals surface area contributed by atoms with Gasteiger partial charge in [0.2, 0.25) is 0 Å². The van der Waals surface area contributed by atoms with Crippen LogP contribution in [0.25, 0.3) is 5.57 Å². The fraction of sp³-hybridized carbons (Fsp3) is 0.143. The summed E-state index contributed by atoms with van der Waals surface area (Å²) in [6.07, 6.45) is 0. The molecule has 1 aromatic rings. The second kappa shape index (κ2) is 2.82. The number of nitrogens with zero attached hydrogens (tertiary/aromatic N) is 3. The maximum Gasteiger partial charge on any atom is 0.276 e. The first kappa shape index (κ1) is 7.26. The molecule has 0 N–H and O–H groups in total. The topological polar surface area (TPSA) is 62.7 Å². The first-order valence-corrected chi connectivity index (χ1v) is 2.88. The molecule has 0 aliphatic rings. The summed E-state index contributed by atoms with van der Waals surface area (Å²) < 4.78 is 4.69. The average molecular weight is 147 g/mol. The van der Waals surface area contributed by atoms with Gasteiger partial charge >= 0.3 is 0 Å². The zero-order valence-electron chi connectivity index (χ0n) is 5.96. The van der Waals surface area contributed by atoms with Gasteiger partial charge in [-0.3, -0.25) is 0 Å². The summed E-state index contributed by atoms with van der Waals surface area (Å²) in [5.74, 6) is 0.656. The van der Waals surface area contributed by atoms with E-state index in [-0.39, 0.29) is 11.5 Å². The number of hydrogen-bond donors (Lipinski definition) is 0. The van der Waals surface area contributed by atoms with Crippen LogP contribution in [-0.4, -0.2) is 10.1 Å². The Bertz CT molecular complexity index is 352. The molecule has 4 heteroatoms. The van der Waals surface area contributed by atoms with Gasteiger partial charge in [-0.15, -0.1) is 5.73 Å². The number of aryl methyl sites for hydroxylation is 1. The van der Waals surface area contributed by atoms with E-state index in [9.17, 15) is 0 Å². The molecule has 0 unspecified atom stereocenters. The molecule has 0 radical (unpaired) electrons. The number of allylic oxidation sites excluding steroid dienone is 1. The van der Waals surface area contributed by atoms with Gasteiger partial charge in [0.15, 0.2) is 11.4 Å². The fourth-order valence-electron chi connectivity index (χ4n) is 0.562. The number of nitriles is 1. The van der Waals surface area contributed by atoms with Crippen LogP contribution in [0.15, 0.2) is 16.8 Å². The Morgan fingerprint density at radius 3 is 2.82 bits per heavy atom. The fourth-order valence-corrected chi connectivity index (χ4v) is 0.562. The summed E-state index contributed by atoms with van der Waals surface area (Å²) >= 11 is 0. The van der Waals surface area contributed by atoms with Gasteiger partial charge in [0.05, 0.1) is 0 Å². The van der Waals surface area contributed by atoms with Gasteiger partial charge < -0.3 is 4.52 Å². The van der Waals surface area contributed by atoms with Crippen LogP contribution >= 0.6 is 0 Å². The Morgan fingerprint density at radius 1 is 1.73 bits per heavy atom. The van der Waals surface area contributed by atoms with Crippen molar-refractivity contribution < 1.29 is 4.52 Å². The molecule has 0 bridgehead atoms. The SMILES string of the molecule is C=C=C(C#N)c1nc(C)no1. The summed E-state index contributed by atoms with van der Waals surface area (Å²) in [5.41, 5.74) is 2.56. The third-order valence-electron chi connectivity index (χ3n) is 1.03. The second-order valence-corrected chi connectivity index (χ2v) is 1.81. The quantitative estimate of drug-likeness (QED) is 0.440. The molecule has 0 aromatic carbocycles. The molecule has 0 atom stereocenters. The van der Waals surface area contributed by atoms with Crippen molar-refractivity contribution in [2.75, 3.05) is 0 Å². The van der Waals surface area contributed by atoms with E-state index in [4.69, 9.17) is 5.26 Å². The molecule has 0 amide bonds. The molecule has 0 spiro atoms. The lowest BCUT2D eigenvalue weighted by Crippen LogP contribution is -1.78. The minimum absolute atomic E-state index is 0.167. The lowest BCUT2D eigenvalue weighted by atomic mass is 10.3. The lowest BCUT2D eigenvalue weighted by molar-refractivity contribution is 0.404. The van der Waals surface area contributed by atoms with E-state index in [0.717, 1.165) is 0 Å². The molecule has 0 saturated carbocycles. The summed E-state index contributed by atoms with van der Waals surface area (Å²) in [7, 11) is 0. The maximum absolute atomic E-state index is 8.47. The zero-order valence-corrected chi connectivity index (χ0v) is 5.96. The highest BCUT2D eigenvalue weighted by molar-refractivity contribution is 5.70. The van der Waals surface area contributed by atoms with Gasteiger partial charge in [0.1, 0.15) is 6.07 Å². The van der Waals surface area contributed by atoms with Crippen molar-refractivity contribution in [1.29, 1.82) is 5.26 Å². The normalized spacial score (nSPS) is 8.36. The van der Waals surface area contributed by atoms with Crippen molar-refractivity contribution in [2.24, 2.45) is 0 Å². The molecule has 11 heavy (non-hydrogen) atoms. The first-order chi connectivity index (χ1) is 5.27. The zero-order chi connectivity index (χ0) is 8.27.